The van der Waals surface area contributed by atoms with Crippen molar-refractivity contribution in [3.8, 4) is 5.75 Å². The van der Waals surface area contributed by atoms with Crippen molar-refractivity contribution in [3.05, 3.63) is 29.3 Å². The van der Waals surface area contributed by atoms with Crippen LogP contribution in [0, 0.1) is 17.3 Å². The number of ether oxygens (including phenoxy) is 2. The Balaban J connectivity index is 0.00000274. The van der Waals surface area contributed by atoms with Crippen molar-refractivity contribution in [3.63, 3.8) is 0 Å². The smallest absolute Gasteiger partial charge is 0.335 e. The second-order valence-corrected chi connectivity index (χ2v) is 10.4. The van der Waals surface area contributed by atoms with Crippen LogP contribution in [0.1, 0.15) is 49.7 Å². The molecule has 11 unspecified atom stereocenters. The van der Waals surface area contributed by atoms with E-state index in [-0.39, 0.29) is 41.2 Å². The fourth-order valence-corrected chi connectivity index (χ4v) is 7.00. The van der Waals surface area contributed by atoms with E-state index in [1.165, 1.54) is 11.1 Å². The standard InChI is InChI=1S/C24H32O9.Na/c1-24-7-6-13-12-5-3-11(25)8-10(12)2-4-14(13)15(24)9-16(21(24)29)32-23-19(28)17(26)18(27)20(33-23)22(30)31;/h3,5,8,13-21,23,25-29H,2,4,6-7,9H2,1H3,(H,30,31);. The molecule has 0 aromatic heterocycles. The summed E-state index contributed by atoms with van der Waals surface area (Å²) < 4.78 is 11.2. The molecule has 34 heavy (non-hydrogen) atoms. The molecule has 1 aromatic carbocycles. The Bertz CT molecular complexity index is 928. The largest absolute Gasteiger partial charge is 0.508 e. The minimum Gasteiger partial charge on any atom is -0.508 e. The number of aryl methyl sites for hydroxylation is 1. The predicted octanol–water partition coefficient (Wildman–Crippen LogP) is 0.116. The van der Waals surface area contributed by atoms with E-state index in [9.17, 15) is 35.4 Å². The van der Waals surface area contributed by atoms with E-state index in [1.54, 1.807) is 6.07 Å². The molecule has 1 aliphatic heterocycles. The zero-order chi connectivity index (χ0) is 23.7. The van der Waals surface area contributed by atoms with Crippen LogP contribution in [0.4, 0.5) is 0 Å². The summed E-state index contributed by atoms with van der Waals surface area (Å²) in [4.78, 5) is 11.4. The number of phenolic OH excluding ortho intramolecular Hbond substituents is 1. The molecule has 4 aliphatic rings. The first-order chi connectivity index (χ1) is 15.6. The van der Waals surface area contributed by atoms with Crippen molar-refractivity contribution in [2.45, 2.75) is 87.9 Å². The monoisotopic (exact) mass is 487 g/mol. The molecule has 1 heterocycles. The molecule has 5 rings (SSSR count). The fraction of sp³-hybridized carbons (Fsp3) is 0.708. The van der Waals surface area contributed by atoms with Gasteiger partial charge in [-0.1, -0.05) is 13.0 Å². The van der Waals surface area contributed by atoms with E-state index in [0.717, 1.165) is 25.7 Å². The Kier molecular flexibility index (Phi) is 7.44. The van der Waals surface area contributed by atoms with Gasteiger partial charge in [-0.2, -0.15) is 0 Å². The molecule has 10 heteroatoms. The summed E-state index contributed by atoms with van der Waals surface area (Å²) in [5.41, 5.74) is 2.04. The van der Waals surface area contributed by atoms with E-state index in [1.807, 2.05) is 12.1 Å². The quantitative estimate of drug-likeness (QED) is 0.326. The van der Waals surface area contributed by atoms with Crippen molar-refractivity contribution >= 4 is 35.5 Å². The molecule has 6 N–H and O–H groups in total. The molecule has 1 radical (unpaired) electrons. The van der Waals surface area contributed by atoms with Crippen molar-refractivity contribution in [2.75, 3.05) is 0 Å². The third kappa shape index (κ3) is 4.13. The molecule has 9 nitrogen and oxygen atoms in total. The number of carboxylic acids is 1. The van der Waals surface area contributed by atoms with Gasteiger partial charge in [0.2, 0.25) is 0 Å². The second kappa shape index (κ2) is 9.61. The van der Waals surface area contributed by atoms with E-state index in [4.69, 9.17) is 9.47 Å². The van der Waals surface area contributed by atoms with Crippen molar-refractivity contribution in [1.29, 1.82) is 0 Å². The summed E-state index contributed by atoms with van der Waals surface area (Å²) in [5, 5.41) is 60.7. The van der Waals surface area contributed by atoms with Gasteiger partial charge in [-0.05, 0) is 78.5 Å². The fourth-order valence-electron chi connectivity index (χ4n) is 7.00. The van der Waals surface area contributed by atoms with Crippen LogP contribution in [-0.4, -0.2) is 109 Å². The molecule has 11 atom stereocenters. The van der Waals surface area contributed by atoms with Gasteiger partial charge < -0.3 is 40.1 Å². The molecular formula is C24H32NaO9. The molecule has 1 aromatic rings. The van der Waals surface area contributed by atoms with Crippen molar-refractivity contribution < 1.29 is 44.9 Å². The minimum atomic E-state index is -1.78. The third-order valence-electron chi connectivity index (χ3n) is 8.78. The number of carboxylic acid groups (broad SMARTS) is 1. The van der Waals surface area contributed by atoms with Crippen molar-refractivity contribution in [2.24, 2.45) is 17.3 Å². The molecule has 0 amide bonds. The summed E-state index contributed by atoms with van der Waals surface area (Å²) in [6.45, 7) is 2.06. The van der Waals surface area contributed by atoms with Crippen LogP contribution in [0.15, 0.2) is 18.2 Å². The molecule has 0 spiro atoms. The van der Waals surface area contributed by atoms with E-state index in [2.05, 4.69) is 6.92 Å². The summed E-state index contributed by atoms with van der Waals surface area (Å²) in [5.74, 6) is -0.367. The maximum Gasteiger partial charge on any atom is 0.335 e. The van der Waals surface area contributed by atoms with Gasteiger partial charge in [0.15, 0.2) is 12.4 Å². The zero-order valence-corrected chi connectivity index (χ0v) is 21.4. The maximum absolute atomic E-state index is 11.4. The minimum absolute atomic E-state index is 0. The van der Waals surface area contributed by atoms with E-state index in [0.29, 0.717) is 18.3 Å². The Morgan fingerprint density at radius 3 is 2.56 bits per heavy atom. The summed E-state index contributed by atoms with van der Waals surface area (Å²) >= 11 is 0. The number of phenols is 1. The van der Waals surface area contributed by atoms with Gasteiger partial charge >= 0.3 is 5.97 Å². The van der Waals surface area contributed by atoms with Gasteiger partial charge in [0.05, 0.1) is 12.2 Å². The van der Waals surface area contributed by atoms with Crippen LogP contribution in [-0.2, 0) is 20.7 Å². The Morgan fingerprint density at radius 1 is 1.12 bits per heavy atom. The average Bonchev–Trinajstić information content (AvgIpc) is 3.03. The summed E-state index contributed by atoms with van der Waals surface area (Å²) in [6, 6.07) is 5.58. The first-order valence-corrected chi connectivity index (χ1v) is 11.7. The normalized spacial score (nSPS) is 45.4. The number of carbonyl (C=O) groups is 1. The number of aromatic hydroxyl groups is 1. The van der Waals surface area contributed by atoms with Crippen LogP contribution in [0.25, 0.3) is 0 Å². The zero-order valence-electron chi connectivity index (χ0n) is 19.4. The van der Waals surface area contributed by atoms with Crippen molar-refractivity contribution in [1.82, 2.24) is 0 Å². The summed E-state index contributed by atoms with van der Waals surface area (Å²) in [7, 11) is 0. The molecule has 0 bridgehead atoms. The van der Waals surface area contributed by atoms with Gasteiger partial charge in [-0.3, -0.25) is 0 Å². The third-order valence-corrected chi connectivity index (χ3v) is 8.78. The van der Waals surface area contributed by atoms with Gasteiger partial charge in [-0.25, -0.2) is 4.79 Å². The van der Waals surface area contributed by atoms with Gasteiger partial charge in [0.1, 0.15) is 24.1 Å². The number of hydrogen-bond donors (Lipinski definition) is 6. The van der Waals surface area contributed by atoms with Gasteiger partial charge in [0, 0.05) is 29.6 Å². The van der Waals surface area contributed by atoms with E-state index < -0.39 is 54.3 Å². The maximum atomic E-state index is 11.4. The number of aliphatic hydroxyl groups is 4. The van der Waals surface area contributed by atoms with Gasteiger partial charge in [-0.15, -0.1) is 0 Å². The van der Waals surface area contributed by atoms with Gasteiger partial charge in [0.25, 0.3) is 0 Å². The Labute approximate surface area is 220 Å². The van der Waals surface area contributed by atoms with Crippen LogP contribution in [0.3, 0.4) is 0 Å². The molecule has 1 saturated heterocycles. The number of aliphatic carboxylic acids is 1. The topological polar surface area (TPSA) is 157 Å². The molecule has 3 aliphatic carbocycles. The molecule has 3 fully saturated rings. The predicted molar refractivity (Wildman–Crippen MR) is 119 cm³/mol. The summed E-state index contributed by atoms with van der Waals surface area (Å²) in [6.07, 6.45) is -5.89. The SMILES string of the molecule is CC12CCC3c4ccc(O)cc4CCC3C1CC(OC1OC(C(=O)O)C(O)C(O)C1O)C2O.[Na]. The molecule has 2 saturated carbocycles. The number of rotatable bonds is 3. The van der Waals surface area contributed by atoms with E-state index >= 15 is 0 Å². The van der Waals surface area contributed by atoms with Crippen LogP contribution < -0.4 is 0 Å². The number of fused-ring (bicyclic) bond motifs is 5. The molecular weight excluding hydrogens is 455 g/mol. The average molecular weight is 488 g/mol. The number of hydrogen-bond acceptors (Lipinski definition) is 8. The van der Waals surface area contributed by atoms with Crippen LogP contribution >= 0.6 is 0 Å². The van der Waals surface area contributed by atoms with Crippen LogP contribution in [0.2, 0.25) is 0 Å². The second-order valence-electron chi connectivity index (χ2n) is 10.4. The number of benzene rings is 1. The Morgan fingerprint density at radius 2 is 1.85 bits per heavy atom. The number of aliphatic hydroxyl groups excluding tert-OH is 4. The van der Waals surface area contributed by atoms with Crippen LogP contribution in [0.5, 0.6) is 5.75 Å². The molecule has 183 valence electrons. The Hall–Kier alpha value is -0.750. The first-order valence-electron chi connectivity index (χ1n) is 11.7. The first kappa shape index (κ1) is 26.3.